The molecule has 0 amide bonds. The number of aliphatic hydroxyl groups excluding tert-OH is 1. The highest BCUT2D eigenvalue weighted by Gasteiger charge is 2.20. The Balaban J connectivity index is 3.17. The van der Waals surface area contributed by atoms with Crippen molar-refractivity contribution >= 4 is 0 Å². The molecule has 0 radical (unpaired) electrons. The second-order valence-corrected chi connectivity index (χ2v) is 7.02. The number of aliphatic hydroxyl groups is 1. The molecule has 2 nitrogen and oxygen atoms in total. The zero-order valence-corrected chi connectivity index (χ0v) is 14.7. The van der Waals surface area contributed by atoms with Gasteiger partial charge in [-0.3, -0.25) is 0 Å². The van der Waals surface area contributed by atoms with E-state index in [9.17, 15) is 5.11 Å². The summed E-state index contributed by atoms with van der Waals surface area (Å²) in [6.45, 7) is 5.26. The largest absolute Gasteiger partial charge is 0.345 e. The molecule has 0 aromatic carbocycles. The maximum absolute atomic E-state index is 9.63. The van der Waals surface area contributed by atoms with E-state index in [0.717, 1.165) is 11.0 Å². The van der Waals surface area contributed by atoms with Crippen LogP contribution in [0.4, 0.5) is 0 Å². The maximum Gasteiger partial charge on any atom is 0.187 e. The molecule has 0 rings (SSSR count). The van der Waals surface area contributed by atoms with Gasteiger partial charge in [-0.05, 0) is 12.8 Å². The Kier molecular flexibility index (Phi) is 12.6. The molecule has 2 heteroatoms. The highest BCUT2D eigenvalue weighted by atomic mass is 16.3. The molecule has 20 heavy (non-hydrogen) atoms. The Labute approximate surface area is 128 Å². The fourth-order valence-corrected chi connectivity index (χ4v) is 2.55. The van der Waals surface area contributed by atoms with Crippen LogP contribution in [0.25, 0.3) is 0 Å². The smallest absolute Gasteiger partial charge is 0.187 e. The first kappa shape index (κ1) is 19.9. The lowest BCUT2D eigenvalue weighted by Crippen LogP contribution is -2.47. The van der Waals surface area contributed by atoms with Crippen LogP contribution in [0.15, 0.2) is 0 Å². The van der Waals surface area contributed by atoms with E-state index in [4.69, 9.17) is 0 Å². The third kappa shape index (κ3) is 11.7. The van der Waals surface area contributed by atoms with Crippen molar-refractivity contribution in [3.8, 4) is 0 Å². The summed E-state index contributed by atoms with van der Waals surface area (Å²) in [6, 6.07) is 0. The number of hydrogen-bond donors (Lipinski definition) is 1. The van der Waals surface area contributed by atoms with Gasteiger partial charge in [0.2, 0.25) is 0 Å². The van der Waals surface area contributed by atoms with E-state index < -0.39 is 0 Å². The first-order valence-corrected chi connectivity index (χ1v) is 9.01. The van der Waals surface area contributed by atoms with Crippen LogP contribution in [0, 0.1) is 0 Å². The zero-order chi connectivity index (χ0) is 15.3. The fourth-order valence-electron chi connectivity index (χ4n) is 2.55. The summed E-state index contributed by atoms with van der Waals surface area (Å²) < 4.78 is 0.734. The number of quaternary nitrogens is 1. The van der Waals surface area contributed by atoms with Gasteiger partial charge in [0, 0.05) is 6.92 Å². The lowest BCUT2D eigenvalue weighted by Gasteiger charge is -2.32. The van der Waals surface area contributed by atoms with Gasteiger partial charge in [-0.25, -0.2) is 0 Å². The average Bonchev–Trinajstić information content (AvgIpc) is 2.39. The molecule has 1 atom stereocenters. The topological polar surface area (TPSA) is 20.2 Å². The highest BCUT2D eigenvalue weighted by molar-refractivity contribution is 4.48. The lowest BCUT2D eigenvalue weighted by atomic mass is 10.1. The van der Waals surface area contributed by atoms with E-state index in [1.807, 2.05) is 6.92 Å². The maximum atomic E-state index is 9.63. The van der Waals surface area contributed by atoms with E-state index >= 15 is 0 Å². The summed E-state index contributed by atoms with van der Waals surface area (Å²) in [4.78, 5) is 0. The Hall–Kier alpha value is -0.0800. The standard InChI is InChI=1S/C18H40NO/c1-5-6-7-8-9-10-11-12-13-14-15-16-17-19(3,4)18(2)20/h18,20H,5-17H2,1-4H3/q+1. The molecule has 0 spiro atoms. The minimum atomic E-state index is -0.247. The third-order valence-corrected chi connectivity index (χ3v) is 4.60. The summed E-state index contributed by atoms with van der Waals surface area (Å²) in [5, 5.41) is 9.63. The molecular weight excluding hydrogens is 246 g/mol. The highest BCUT2D eigenvalue weighted by Crippen LogP contribution is 2.13. The van der Waals surface area contributed by atoms with Crippen LogP contribution in [0.3, 0.4) is 0 Å². The molecule has 1 unspecified atom stereocenters. The Morgan fingerprint density at radius 1 is 0.700 bits per heavy atom. The molecule has 0 aliphatic carbocycles. The molecule has 1 N–H and O–H groups in total. The predicted molar refractivity (Wildman–Crippen MR) is 89.7 cm³/mol. The molecule has 0 saturated carbocycles. The van der Waals surface area contributed by atoms with Crippen molar-refractivity contribution in [2.45, 2.75) is 97.1 Å². The molecule has 122 valence electrons. The van der Waals surface area contributed by atoms with Crippen molar-refractivity contribution in [3.63, 3.8) is 0 Å². The SMILES string of the molecule is CCCCCCCCCCCCCC[N+](C)(C)C(C)O. The van der Waals surface area contributed by atoms with Gasteiger partial charge in [-0.1, -0.05) is 71.1 Å². The van der Waals surface area contributed by atoms with Crippen molar-refractivity contribution in [3.05, 3.63) is 0 Å². The second-order valence-electron chi connectivity index (χ2n) is 7.02. The summed E-state index contributed by atoms with van der Waals surface area (Å²) in [5.41, 5.74) is 0. The van der Waals surface area contributed by atoms with Gasteiger partial charge < -0.3 is 9.59 Å². The van der Waals surface area contributed by atoms with Crippen LogP contribution in [0.5, 0.6) is 0 Å². The van der Waals surface area contributed by atoms with E-state index in [-0.39, 0.29) is 6.23 Å². The van der Waals surface area contributed by atoms with E-state index in [0.29, 0.717) is 0 Å². The van der Waals surface area contributed by atoms with Crippen LogP contribution in [-0.2, 0) is 0 Å². The normalized spacial score (nSPS) is 13.7. The Bertz CT molecular complexity index is 202. The molecule has 0 fully saturated rings. The molecule has 0 bridgehead atoms. The number of unbranched alkanes of at least 4 members (excludes halogenated alkanes) is 11. The van der Waals surface area contributed by atoms with Gasteiger partial charge in [0.15, 0.2) is 6.23 Å². The molecule has 0 aliphatic rings. The first-order valence-electron chi connectivity index (χ1n) is 9.01. The van der Waals surface area contributed by atoms with Crippen molar-refractivity contribution in [1.82, 2.24) is 0 Å². The summed E-state index contributed by atoms with van der Waals surface area (Å²) in [6.07, 6.45) is 16.5. The minimum Gasteiger partial charge on any atom is -0.345 e. The van der Waals surface area contributed by atoms with Crippen molar-refractivity contribution in [1.29, 1.82) is 0 Å². The predicted octanol–water partition coefficient (Wildman–Crippen LogP) is 5.10. The Morgan fingerprint density at radius 2 is 1.05 bits per heavy atom. The number of hydrogen-bond acceptors (Lipinski definition) is 1. The van der Waals surface area contributed by atoms with Gasteiger partial charge in [-0.2, -0.15) is 0 Å². The van der Waals surface area contributed by atoms with Crippen LogP contribution in [0.2, 0.25) is 0 Å². The summed E-state index contributed by atoms with van der Waals surface area (Å²) in [7, 11) is 4.23. The quantitative estimate of drug-likeness (QED) is 0.267. The molecule has 0 aromatic rings. The van der Waals surface area contributed by atoms with Gasteiger partial charge >= 0.3 is 0 Å². The van der Waals surface area contributed by atoms with Crippen molar-refractivity contribution in [2.75, 3.05) is 20.6 Å². The van der Waals surface area contributed by atoms with Crippen molar-refractivity contribution < 1.29 is 9.59 Å². The number of nitrogens with zero attached hydrogens (tertiary/aromatic N) is 1. The van der Waals surface area contributed by atoms with E-state index in [1.54, 1.807) is 0 Å². The molecule has 0 saturated heterocycles. The van der Waals surface area contributed by atoms with Crippen molar-refractivity contribution in [2.24, 2.45) is 0 Å². The number of rotatable bonds is 14. The third-order valence-electron chi connectivity index (χ3n) is 4.60. The summed E-state index contributed by atoms with van der Waals surface area (Å²) >= 11 is 0. The van der Waals surface area contributed by atoms with Crippen LogP contribution in [-0.4, -0.2) is 36.5 Å². The molecular formula is C18H40NO+. The van der Waals surface area contributed by atoms with Gasteiger partial charge in [0.1, 0.15) is 0 Å². The van der Waals surface area contributed by atoms with Crippen LogP contribution in [0.1, 0.15) is 90.9 Å². The molecule has 0 aromatic heterocycles. The van der Waals surface area contributed by atoms with E-state index in [2.05, 4.69) is 21.0 Å². The fraction of sp³-hybridized carbons (Fsp3) is 1.00. The average molecular weight is 287 g/mol. The first-order chi connectivity index (χ1) is 9.50. The second kappa shape index (κ2) is 12.6. The monoisotopic (exact) mass is 286 g/mol. The van der Waals surface area contributed by atoms with Crippen LogP contribution < -0.4 is 0 Å². The Morgan fingerprint density at radius 3 is 1.40 bits per heavy atom. The minimum absolute atomic E-state index is 0.247. The van der Waals surface area contributed by atoms with E-state index in [1.165, 1.54) is 77.0 Å². The lowest BCUT2D eigenvalue weighted by molar-refractivity contribution is -0.934. The van der Waals surface area contributed by atoms with Crippen LogP contribution >= 0.6 is 0 Å². The zero-order valence-electron chi connectivity index (χ0n) is 14.7. The molecule has 0 heterocycles. The van der Waals surface area contributed by atoms with Gasteiger partial charge in [-0.15, -0.1) is 0 Å². The van der Waals surface area contributed by atoms with Gasteiger partial charge in [0.25, 0.3) is 0 Å². The molecule has 0 aliphatic heterocycles. The van der Waals surface area contributed by atoms with Gasteiger partial charge in [0.05, 0.1) is 20.6 Å². The summed E-state index contributed by atoms with van der Waals surface area (Å²) in [5.74, 6) is 0.